The van der Waals surface area contributed by atoms with E-state index in [2.05, 4.69) is 35.0 Å². The van der Waals surface area contributed by atoms with E-state index in [0.717, 1.165) is 35.2 Å². The molecule has 1 saturated heterocycles. The van der Waals surface area contributed by atoms with Crippen LogP contribution in [0.1, 0.15) is 17.5 Å². The maximum Gasteiger partial charge on any atom is 0.126 e. The van der Waals surface area contributed by atoms with Crippen molar-refractivity contribution in [2.45, 2.75) is 25.9 Å². The third-order valence-corrected chi connectivity index (χ3v) is 3.36. The van der Waals surface area contributed by atoms with Crippen LogP contribution in [0.15, 0.2) is 16.6 Å². The number of hydrogen-bond donors (Lipinski definition) is 1. The van der Waals surface area contributed by atoms with Gasteiger partial charge in [-0.25, -0.2) is 0 Å². The lowest BCUT2D eigenvalue weighted by molar-refractivity contribution is 0.140. The van der Waals surface area contributed by atoms with Gasteiger partial charge in [0.05, 0.1) is 13.2 Å². The first-order valence-electron chi connectivity index (χ1n) is 5.94. The van der Waals surface area contributed by atoms with Crippen LogP contribution in [0.25, 0.3) is 0 Å². The Hall–Kier alpha value is -0.580. The summed E-state index contributed by atoms with van der Waals surface area (Å²) in [4.78, 5) is 0. The Morgan fingerprint density at radius 1 is 1.53 bits per heavy atom. The minimum Gasteiger partial charge on any atom is -0.487 e. The van der Waals surface area contributed by atoms with Crippen LogP contribution in [0, 0.1) is 6.92 Å². The van der Waals surface area contributed by atoms with Crippen molar-refractivity contribution in [1.29, 1.82) is 0 Å². The monoisotopic (exact) mass is 299 g/mol. The summed E-state index contributed by atoms with van der Waals surface area (Å²) in [5.74, 6) is 0.981. The summed E-state index contributed by atoms with van der Waals surface area (Å²) in [5.41, 5.74) is 7.96. The van der Waals surface area contributed by atoms with E-state index in [4.69, 9.17) is 15.2 Å². The number of rotatable bonds is 4. The fourth-order valence-corrected chi connectivity index (χ4v) is 2.70. The third-order valence-electron chi connectivity index (χ3n) is 2.90. The molecule has 1 aliphatic rings. The van der Waals surface area contributed by atoms with Gasteiger partial charge in [-0.3, -0.25) is 0 Å². The first-order chi connectivity index (χ1) is 8.20. The molecule has 0 amide bonds. The van der Waals surface area contributed by atoms with Crippen molar-refractivity contribution in [3.8, 4) is 5.75 Å². The number of nitrogens with two attached hydrogens (primary N) is 1. The van der Waals surface area contributed by atoms with Gasteiger partial charge in [-0.1, -0.05) is 15.9 Å². The van der Waals surface area contributed by atoms with Crippen molar-refractivity contribution in [3.63, 3.8) is 0 Å². The van der Waals surface area contributed by atoms with Crippen molar-refractivity contribution in [2.24, 2.45) is 5.73 Å². The molecule has 0 spiro atoms. The van der Waals surface area contributed by atoms with Crippen LogP contribution in [0.5, 0.6) is 5.75 Å². The van der Waals surface area contributed by atoms with Crippen LogP contribution < -0.4 is 10.5 Å². The molecule has 0 saturated carbocycles. The van der Waals surface area contributed by atoms with Gasteiger partial charge in [0.1, 0.15) is 11.9 Å². The van der Waals surface area contributed by atoms with Crippen LogP contribution >= 0.6 is 15.9 Å². The van der Waals surface area contributed by atoms with Crippen molar-refractivity contribution in [3.05, 3.63) is 27.7 Å². The molecule has 0 radical (unpaired) electrons. The molecule has 3 nitrogen and oxygen atoms in total. The Morgan fingerprint density at radius 2 is 2.35 bits per heavy atom. The highest BCUT2D eigenvalue weighted by Crippen LogP contribution is 2.30. The molecule has 1 aromatic rings. The van der Waals surface area contributed by atoms with E-state index < -0.39 is 0 Å². The normalized spacial score (nSPS) is 19.6. The molecule has 17 heavy (non-hydrogen) atoms. The molecule has 1 aromatic carbocycles. The van der Waals surface area contributed by atoms with Crippen LogP contribution in [0.3, 0.4) is 0 Å². The zero-order valence-corrected chi connectivity index (χ0v) is 11.6. The Labute approximate surface area is 110 Å². The number of hydrogen-bond acceptors (Lipinski definition) is 3. The van der Waals surface area contributed by atoms with Gasteiger partial charge >= 0.3 is 0 Å². The minimum atomic E-state index is 0.186. The van der Waals surface area contributed by atoms with Gasteiger partial charge in [-0.15, -0.1) is 0 Å². The van der Waals surface area contributed by atoms with Gasteiger partial charge in [0, 0.05) is 10.9 Å². The molecule has 0 aromatic heterocycles. The van der Waals surface area contributed by atoms with E-state index in [1.165, 1.54) is 5.56 Å². The van der Waals surface area contributed by atoms with E-state index in [-0.39, 0.29) is 6.10 Å². The molecule has 1 atom stereocenters. The molecular weight excluding hydrogens is 282 g/mol. The highest BCUT2D eigenvalue weighted by Gasteiger charge is 2.19. The Kier molecular flexibility index (Phi) is 4.42. The molecular formula is C13H18BrNO2. The average molecular weight is 300 g/mol. The van der Waals surface area contributed by atoms with Gasteiger partial charge in [-0.2, -0.15) is 0 Å². The third kappa shape index (κ3) is 3.21. The van der Waals surface area contributed by atoms with Gasteiger partial charge in [-0.05, 0) is 43.1 Å². The van der Waals surface area contributed by atoms with E-state index in [1.54, 1.807) is 0 Å². The SMILES string of the molecule is Cc1cc(Br)cc(CCN)c1OC1CCOC1. The highest BCUT2D eigenvalue weighted by molar-refractivity contribution is 9.10. The van der Waals surface area contributed by atoms with Gasteiger partial charge in [0.25, 0.3) is 0 Å². The molecule has 1 heterocycles. The average Bonchev–Trinajstić information content (AvgIpc) is 2.76. The Balaban J connectivity index is 2.22. The molecule has 0 bridgehead atoms. The van der Waals surface area contributed by atoms with Crippen molar-refractivity contribution < 1.29 is 9.47 Å². The maximum atomic E-state index is 6.04. The van der Waals surface area contributed by atoms with Crippen LogP contribution in [-0.4, -0.2) is 25.9 Å². The number of halogens is 1. The quantitative estimate of drug-likeness (QED) is 0.929. The molecule has 0 aliphatic carbocycles. The molecule has 94 valence electrons. The summed E-state index contributed by atoms with van der Waals surface area (Å²) in [7, 11) is 0. The van der Waals surface area contributed by atoms with Crippen molar-refractivity contribution in [2.75, 3.05) is 19.8 Å². The molecule has 1 fully saturated rings. The Morgan fingerprint density at radius 3 is 3.00 bits per heavy atom. The van der Waals surface area contributed by atoms with E-state index in [0.29, 0.717) is 13.2 Å². The summed E-state index contributed by atoms with van der Waals surface area (Å²) in [6.07, 6.45) is 1.99. The Bertz CT molecular complexity index is 389. The zero-order valence-electron chi connectivity index (χ0n) is 10.0. The predicted octanol–water partition coefficient (Wildman–Crippen LogP) is 2.43. The summed E-state index contributed by atoms with van der Waals surface area (Å²) >= 11 is 3.51. The van der Waals surface area contributed by atoms with Crippen molar-refractivity contribution >= 4 is 15.9 Å². The summed E-state index contributed by atoms with van der Waals surface area (Å²) in [5, 5.41) is 0. The zero-order chi connectivity index (χ0) is 12.3. The standard InChI is InChI=1S/C13H18BrNO2/c1-9-6-11(14)7-10(2-4-15)13(9)17-12-3-5-16-8-12/h6-7,12H,2-5,8,15H2,1H3. The fraction of sp³-hybridized carbons (Fsp3) is 0.538. The lowest BCUT2D eigenvalue weighted by Gasteiger charge is -2.18. The lowest BCUT2D eigenvalue weighted by atomic mass is 10.1. The number of ether oxygens (including phenoxy) is 2. The highest BCUT2D eigenvalue weighted by atomic mass is 79.9. The van der Waals surface area contributed by atoms with Gasteiger partial charge in [0.2, 0.25) is 0 Å². The molecule has 2 N–H and O–H groups in total. The van der Waals surface area contributed by atoms with Crippen LogP contribution in [0.2, 0.25) is 0 Å². The minimum absolute atomic E-state index is 0.186. The van der Waals surface area contributed by atoms with Crippen LogP contribution in [0.4, 0.5) is 0 Å². The summed E-state index contributed by atoms with van der Waals surface area (Å²) in [6, 6.07) is 4.16. The lowest BCUT2D eigenvalue weighted by Crippen LogP contribution is -2.18. The molecule has 1 aliphatic heterocycles. The smallest absolute Gasteiger partial charge is 0.126 e. The second-order valence-electron chi connectivity index (χ2n) is 4.35. The fourth-order valence-electron chi connectivity index (χ4n) is 2.08. The van der Waals surface area contributed by atoms with Gasteiger partial charge in [0.15, 0.2) is 0 Å². The van der Waals surface area contributed by atoms with E-state index in [1.807, 2.05) is 0 Å². The topological polar surface area (TPSA) is 44.5 Å². The maximum absolute atomic E-state index is 6.04. The summed E-state index contributed by atoms with van der Waals surface area (Å²) in [6.45, 7) is 4.19. The van der Waals surface area contributed by atoms with Crippen molar-refractivity contribution in [1.82, 2.24) is 0 Å². The first kappa shape index (κ1) is 12.9. The first-order valence-corrected chi connectivity index (χ1v) is 6.73. The van der Waals surface area contributed by atoms with E-state index >= 15 is 0 Å². The second kappa shape index (κ2) is 5.85. The second-order valence-corrected chi connectivity index (χ2v) is 5.27. The summed E-state index contributed by atoms with van der Waals surface area (Å²) < 4.78 is 12.5. The van der Waals surface area contributed by atoms with E-state index in [9.17, 15) is 0 Å². The van der Waals surface area contributed by atoms with Gasteiger partial charge < -0.3 is 15.2 Å². The molecule has 4 heteroatoms. The largest absolute Gasteiger partial charge is 0.487 e. The predicted molar refractivity (Wildman–Crippen MR) is 71.5 cm³/mol. The molecule has 1 unspecified atom stereocenters. The molecule has 2 rings (SSSR count). The van der Waals surface area contributed by atoms with Crippen LogP contribution in [-0.2, 0) is 11.2 Å². The number of aryl methyl sites for hydroxylation is 1. The number of benzene rings is 1.